The van der Waals surface area contributed by atoms with E-state index in [1.165, 1.54) is 0 Å². The Kier molecular flexibility index (Phi) is 9.39. The minimum absolute atomic E-state index is 0. The van der Waals surface area contributed by atoms with Crippen LogP contribution in [-0.4, -0.2) is 44.7 Å². The van der Waals surface area contributed by atoms with Gasteiger partial charge in [0.05, 0.1) is 11.6 Å². The van der Waals surface area contributed by atoms with Crippen molar-refractivity contribution in [2.45, 2.75) is 31.9 Å². The molecular formula is C17H25Cl2F2N3O2. The van der Waals surface area contributed by atoms with Gasteiger partial charge in [0.25, 0.3) is 0 Å². The fourth-order valence-corrected chi connectivity index (χ4v) is 3.41. The number of anilines is 1. The first kappa shape index (κ1) is 22.7. The van der Waals surface area contributed by atoms with Gasteiger partial charge in [-0.05, 0) is 37.9 Å². The number of rotatable bonds is 5. The molecule has 2 heterocycles. The van der Waals surface area contributed by atoms with E-state index in [4.69, 9.17) is 0 Å². The molecule has 3 rings (SSSR count). The van der Waals surface area contributed by atoms with E-state index in [1.54, 1.807) is 24.3 Å². The van der Waals surface area contributed by atoms with E-state index in [9.17, 15) is 13.6 Å². The molecule has 0 saturated carbocycles. The Labute approximate surface area is 164 Å². The van der Waals surface area contributed by atoms with E-state index >= 15 is 0 Å². The number of piperidine rings is 1. The van der Waals surface area contributed by atoms with E-state index in [2.05, 4.69) is 15.4 Å². The van der Waals surface area contributed by atoms with Crippen LogP contribution in [0.25, 0.3) is 0 Å². The van der Waals surface area contributed by atoms with Gasteiger partial charge < -0.3 is 20.3 Å². The zero-order valence-electron chi connectivity index (χ0n) is 14.3. The third-order valence-electron chi connectivity index (χ3n) is 4.62. The minimum Gasteiger partial charge on any atom is -0.433 e. The highest BCUT2D eigenvalue weighted by atomic mass is 35.5. The summed E-state index contributed by atoms with van der Waals surface area (Å²) in [6.07, 6.45) is 2.74. The molecule has 0 bridgehead atoms. The van der Waals surface area contributed by atoms with Crippen molar-refractivity contribution in [3.63, 3.8) is 0 Å². The molecule has 2 saturated heterocycles. The maximum Gasteiger partial charge on any atom is 0.387 e. The number of hydrogen-bond donors (Lipinski definition) is 2. The summed E-state index contributed by atoms with van der Waals surface area (Å²) in [5.41, 5.74) is 0.647. The molecular weight excluding hydrogens is 387 g/mol. The van der Waals surface area contributed by atoms with Gasteiger partial charge >= 0.3 is 6.61 Å². The van der Waals surface area contributed by atoms with Crippen LogP contribution in [0.2, 0.25) is 0 Å². The van der Waals surface area contributed by atoms with Gasteiger partial charge in [-0.15, -0.1) is 24.8 Å². The van der Waals surface area contributed by atoms with Crippen LogP contribution in [-0.2, 0) is 4.79 Å². The third-order valence-corrected chi connectivity index (χ3v) is 4.62. The van der Waals surface area contributed by atoms with E-state index in [1.807, 2.05) is 4.90 Å². The molecule has 1 amide bonds. The molecule has 2 N–H and O–H groups in total. The van der Waals surface area contributed by atoms with Crippen LogP contribution in [0.5, 0.6) is 5.75 Å². The molecule has 0 radical (unpaired) electrons. The lowest BCUT2D eigenvalue weighted by molar-refractivity contribution is -0.126. The zero-order valence-corrected chi connectivity index (χ0v) is 16.0. The minimum atomic E-state index is -2.84. The monoisotopic (exact) mass is 411 g/mol. The summed E-state index contributed by atoms with van der Waals surface area (Å²) in [5, 5.41) is 6.34. The molecule has 26 heavy (non-hydrogen) atoms. The Morgan fingerprint density at radius 3 is 2.73 bits per heavy atom. The molecule has 0 aliphatic carbocycles. The van der Waals surface area contributed by atoms with Crippen LogP contribution < -0.4 is 20.3 Å². The molecule has 148 valence electrons. The SMILES string of the molecule is Cl.Cl.O=C(NC1CCN(c2ccccc2OC(F)F)C1)C1CCCNC1. The quantitative estimate of drug-likeness (QED) is 0.781. The highest BCUT2D eigenvalue weighted by molar-refractivity contribution is 5.85. The largest absolute Gasteiger partial charge is 0.433 e. The van der Waals surface area contributed by atoms with Crippen LogP contribution in [0.1, 0.15) is 19.3 Å². The number of hydrogen-bond acceptors (Lipinski definition) is 4. The number of carbonyl (C=O) groups excluding carboxylic acids is 1. The Hall–Kier alpha value is -1.31. The Bertz CT molecular complexity index is 575. The van der Waals surface area contributed by atoms with Crippen molar-refractivity contribution in [1.29, 1.82) is 0 Å². The Balaban J connectivity index is 0.00000169. The molecule has 5 nitrogen and oxygen atoms in total. The summed E-state index contributed by atoms with van der Waals surface area (Å²) in [4.78, 5) is 14.3. The van der Waals surface area contributed by atoms with Crippen molar-refractivity contribution < 1.29 is 18.3 Å². The number of benzene rings is 1. The van der Waals surface area contributed by atoms with Crippen molar-refractivity contribution in [2.24, 2.45) is 5.92 Å². The average Bonchev–Trinajstić information content (AvgIpc) is 3.04. The predicted molar refractivity (Wildman–Crippen MR) is 102 cm³/mol. The van der Waals surface area contributed by atoms with E-state index < -0.39 is 6.61 Å². The smallest absolute Gasteiger partial charge is 0.387 e. The number of amides is 1. The maximum absolute atomic E-state index is 12.5. The van der Waals surface area contributed by atoms with Gasteiger partial charge in [-0.3, -0.25) is 4.79 Å². The van der Waals surface area contributed by atoms with E-state index in [0.29, 0.717) is 18.8 Å². The number of para-hydroxylation sites is 2. The van der Waals surface area contributed by atoms with Crippen LogP contribution in [0, 0.1) is 5.92 Å². The first-order valence-corrected chi connectivity index (χ1v) is 8.43. The fourth-order valence-electron chi connectivity index (χ4n) is 3.41. The molecule has 2 fully saturated rings. The molecule has 2 atom stereocenters. The topological polar surface area (TPSA) is 53.6 Å². The van der Waals surface area contributed by atoms with Crippen LogP contribution in [0.15, 0.2) is 24.3 Å². The number of halogens is 4. The highest BCUT2D eigenvalue weighted by Gasteiger charge is 2.29. The van der Waals surface area contributed by atoms with Gasteiger partial charge in [-0.1, -0.05) is 12.1 Å². The lowest BCUT2D eigenvalue weighted by Crippen LogP contribution is -2.45. The maximum atomic E-state index is 12.5. The first-order valence-electron chi connectivity index (χ1n) is 8.43. The van der Waals surface area contributed by atoms with Gasteiger partial charge in [0.2, 0.25) is 5.91 Å². The fraction of sp³-hybridized carbons (Fsp3) is 0.588. The van der Waals surface area contributed by atoms with Gasteiger partial charge in [-0.25, -0.2) is 0 Å². The van der Waals surface area contributed by atoms with Gasteiger partial charge in [0.1, 0.15) is 5.75 Å². The normalized spacial score (nSPS) is 22.3. The molecule has 2 aliphatic rings. The summed E-state index contributed by atoms with van der Waals surface area (Å²) in [5.74, 6) is 0.296. The van der Waals surface area contributed by atoms with Crippen molar-refractivity contribution in [3.8, 4) is 5.75 Å². The second-order valence-corrected chi connectivity index (χ2v) is 6.33. The molecule has 1 aromatic carbocycles. The summed E-state index contributed by atoms with van der Waals surface area (Å²) in [6, 6.07) is 6.83. The summed E-state index contributed by atoms with van der Waals surface area (Å²) in [7, 11) is 0. The zero-order chi connectivity index (χ0) is 16.9. The second-order valence-electron chi connectivity index (χ2n) is 6.33. The second kappa shape index (κ2) is 10.7. The molecule has 0 spiro atoms. The number of nitrogens with zero attached hydrogens (tertiary/aromatic N) is 1. The van der Waals surface area contributed by atoms with Crippen molar-refractivity contribution in [3.05, 3.63) is 24.3 Å². The number of carbonyl (C=O) groups is 1. The molecule has 2 unspecified atom stereocenters. The van der Waals surface area contributed by atoms with Crippen LogP contribution in [0.3, 0.4) is 0 Å². The summed E-state index contributed by atoms with van der Waals surface area (Å²) < 4.78 is 29.7. The van der Waals surface area contributed by atoms with Crippen molar-refractivity contribution in [1.82, 2.24) is 10.6 Å². The van der Waals surface area contributed by atoms with Gasteiger partial charge in [0.15, 0.2) is 0 Å². The third kappa shape index (κ3) is 5.86. The Morgan fingerprint density at radius 2 is 2.04 bits per heavy atom. The molecule has 9 heteroatoms. The first-order chi connectivity index (χ1) is 11.6. The van der Waals surface area contributed by atoms with Crippen molar-refractivity contribution >= 4 is 36.4 Å². The standard InChI is InChI=1S/C17H23F2N3O2.2ClH/c18-17(19)24-15-6-2-1-5-14(15)22-9-7-13(11-22)21-16(23)12-4-3-8-20-10-12;;/h1-2,5-6,12-13,17,20H,3-4,7-11H2,(H,21,23);2*1H. The van der Waals surface area contributed by atoms with Crippen LogP contribution in [0.4, 0.5) is 14.5 Å². The number of alkyl halides is 2. The lowest BCUT2D eigenvalue weighted by Gasteiger charge is -2.25. The molecule has 0 aromatic heterocycles. The molecule has 1 aromatic rings. The van der Waals surface area contributed by atoms with Gasteiger partial charge in [-0.2, -0.15) is 8.78 Å². The predicted octanol–water partition coefficient (Wildman–Crippen LogP) is 2.83. The van der Waals surface area contributed by atoms with E-state index in [-0.39, 0.29) is 48.4 Å². The average molecular weight is 412 g/mol. The molecule has 2 aliphatic heterocycles. The highest BCUT2D eigenvalue weighted by Crippen LogP contribution is 2.31. The summed E-state index contributed by atoms with van der Waals surface area (Å²) in [6.45, 7) is 0.172. The number of nitrogens with one attached hydrogen (secondary N) is 2. The Morgan fingerprint density at radius 1 is 1.27 bits per heavy atom. The van der Waals surface area contributed by atoms with E-state index in [0.717, 1.165) is 32.4 Å². The van der Waals surface area contributed by atoms with Crippen LogP contribution >= 0.6 is 24.8 Å². The lowest BCUT2D eigenvalue weighted by atomic mass is 9.98. The van der Waals surface area contributed by atoms with Gasteiger partial charge in [0, 0.05) is 25.7 Å². The summed E-state index contributed by atoms with van der Waals surface area (Å²) >= 11 is 0. The van der Waals surface area contributed by atoms with Crippen molar-refractivity contribution in [2.75, 3.05) is 31.1 Å². The number of ether oxygens (including phenoxy) is 1.